The maximum Gasteiger partial charge on any atom is 0.387 e. The monoisotopic (exact) mass is 422 g/mol. The number of ether oxygens (including phenoxy) is 1. The number of unbranched alkanes of at least 4 members (excludes halogenated alkanes) is 4. The summed E-state index contributed by atoms with van der Waals surface area (Å²) >= 11 is 0. The molecule has 2 aromatic carbocycles. The minimum absolute atomic E-state index is 0.152. The largest absolute Gasteiger partial charge is 0.435 e. The second kappa shape index (κ2) is 11.9. The molecule has 3 aromatic rings. The van der Waals surface area contributed by atoms with E-state index in [-0.39, 0.29) is 5.75 Å². The highest BCUT2D eigenvalue weighted by atomic mass is 19.3. The minimum Gasteiger partial charge on any atom is -0.435 e. The summed E-state index contributed by atoms with van der Waals surface area (Å²) in [5, 5.41) is 0. The Morgan fingerprint density at radius 1 is 0.806 bits per heavy atom. The molecule has 0 saturated heterocycles. The Morgan fingerprint density at radius 2 is 1.39 bits per heavy atom. The van der Waals surface area contributed by atoms with Crippen molar-refractivity contribution < 1.29 is 13.5 Å². The maximum absolute atomic E-state index is 12.2. The van der Waals surface area contributed by atoms with Crippen LogP contribution in [0.2, 0.25) is 0 Å². The van der Waals surface area contributed by atoms with E-state index in [2.05, 4.69) is 21.6 Å². The van der Waals surface area contributed by atoms with Crippen molar-refractivity contribution in [2.24, 2.45) is 0 Å². The molecule has 0 spiro atoms. The molecule has 0 fully saturated rings. The zero-order valence-corrected chi connectivity index (χ0v) is 17.8. The highest BCUT2D eigenvalue weighted by molar-refractivity contribution is 5.71. The zero-order valence-electron chi connectivity index (χ0n) is 17.8. The Kier molecular flexibility index (Phi) is 8.71. The van der Waals surface area contributed by atoms with Gasteiger partial charge in [0.1, 0.15) is 5.75 Å². The summed E-state index contributed by atoms with van der Waals surface area (Å²) in [6.07, 6.45) is 15.1. The van der Waals surface area contributed by atoms with E-state index in [4.69, 9.17) is 0 Å². The highest BCUT2D eigenvalue weighted by Gasteiger charge is 2.04. The van der Waals surface area contributed by atoms with Gasteiger partial charge < -0.3 is 4.74 Å². The molecule has 3 nitrogen and oxygen atoms in total. The zero-order chi connectivity index (χ0) is 21.9. The van der Waals surface area contributed by atoms with Gasteiger partial charge in [0.05, 0.1) is 0 Å². The van der Waals surface area contributed by atoms with E-state index in [0.29, 0.717) is 0 Å². The number of benzene rings is 2. The number of aromatic nitrogens is 2. The number of alkyl halides is 2. The molecule has 0 saturated carbocycles. The Hall–Kier alpha value is -3.08. The first-order valence-electron chi connectivity index (χ1n) is 10.8. The van der Waals surface area contributed by atoms with Crippen LogP contribution in [0.1, 0.15) is 55.7 Å². The minimum atomic E-state index is -2.81. The van der Waals surface area contributed by atoms with E-state index in [0.717, 1.165) is 28.9 Å². The lowest BCUT2D eigenvalue weighted by molar-refractivity contribution is -0.0498. The van der Waals surface area contributed by atoms with Crippen molar-refractivity contribution in [1.82, 2.24) is 9.97 Å². The first-order chi connectivity index (χ1) is 15.1. The highest BCUT2D eigenvalue weighted by Crippen LogP contribution is 2.19. The van der Waals surface area contributed by atoms with Crippen LogP contribution >= 0.6 is 0 Å². The van der Waals surface area contributed by atoms with Gasteiger partial charge in [-0.3, -0.25) is 0 Å². The van der Waals surface area contributed by atoms with Crippen LogP contribution in [-0.2, 0) is 6.42 Å². The van der Waals surface area contributed by atoms with Crippen LogP contribution in [-0.4, -0.2) is 16.6 Å². The van der Waals surface area contributed by atoms with Gasteiger partial charge in [-0.1, -0.05) is 81.2 Å². The lowest BCUT2D eigenvalue weighted by Gasteiger charge is -2.04. The van der Waals surface area contributed by atoms with Gasteiger partial charge in [-0.05, 0) is 41.7 Å². The lowest BCUT2D eigenvalue weighted by Crippen LogP contribution is -2.01. The molecular weight excluding hydrogens is 394 g/mol. The molecule has 1 aromatic heterocycles. The van der Waals surface area contributed by atoms with Crippen molar-refractivity contribution in [1.29, 1.82) is 0 Å². The van der Waals surface area contributed by atoms with Crippen LogP contribution < -0.4 is 4.74 Å². The Bertz CT molecular complexity index is 937. The van der Waals surface area contributed by atoms with Crippen molar-refractivity contribution in [3.8, 4) is 17.1 Å². The topological polar surface area (TPSA) is 35.0 Å². The summed E-state index contributed by atoms with van der Waals surface area (Å²) in [7, 11) is 0. The van der Waals surface area contributed by atoms with Gasteiger partial charge >= 0.3 is 6.61 Å². The molecule has 0 amide bonds. The second-order valence-electron chi connectivity index (χ2n) is 7.48. The molecule has 0 atom stereocenters. The molecule has 0 aliphatic rings. The number of halogens is 2. The molecule has 0 radical (unpaired) electrons. The quantitative estimate of drug-likeness (QED) is 0.238. The van der Waals surface area contributed by atoms with E-state index < -0.39 is 6.61 Å². The maximum atomic E-state index is 12.2. The van der Waals surface area contributed by atoms with Crippen LogP contribution in [0.5, 0.6) is 5.75 Å². The molecule has 0 bridgehead atoms. The van der Waals surface area contributed by atoms with Crippen molar-refractivity contribution in [2.45, 2.75) is 52.1 Å². The van der Waals surface area contributed by atoms with Crippen molar-refractivity contribution in [3.63, 3.8) is 0 Å². The van der Waals surface area contributed by atoms with Crippen LogP contribution in [0.4, 0.5) is 8.78 Å². The van der Waals surface area contributed by atoms with Gasteiger partial charge in [-0.15, -0.1) is 0 Å². The number of aryl methyl sites for hydroxylation is 1. The molecule has 0 aliphatic heterocycles. The van der Waals surface area contributed by atoms with Crippen LogP contribution in [0.15, 0.2) is 60.9 Å². The fourth-order valence-corrected chi connectivity index (χ4v) is 3.26. The molecule has 1 heterocycles. The summed E-state index contributed by atoms with van der Waals surface area (Å²) in [6.45, 7) is -0.583. The van der Waals surface area contributed by atoms with Gasteiger partial charge in [0, 0.05) is 18.0 Å². The number of rotatable bonds is 11. The van der Waals surface area contributed by atoms with E-state index in [9.17, 15) is 8.78 Å². The van der Waals surface area contributed by atoms with E-state index in [1.807, 2.05) is 48.8 Å². The molecule has 5 heteroatoms. The molecule has 0 unspecified atom stereocenters. The summed E-state index contributed by atoms with van der Waals surface area (Å²) in [4.78, 5) is 9.04. The third kappa shape index (κ3) is 7.59. The summed E-state index contributed by atoms with van der Waals surface area (Å²) in [5.41, 5.74) is 4.09. The fraction of sp³-hybridized carbons (Fsp3) is 0.308. The first kappa shape index (κ1) is 22.6. The number of hydrogen-bond acceptors (Lipinski definition) is 3. The number of nitrogens with zero attached hydrogens (tertiary/aromatic N) is 2. The average Bonchev–Trinajstić information content (AvgIpc) is 2.79. The van der Waals surface area contributed by atoms with Gasteiger partial charge in [-0.2, -0.15) is 8.78 Å². The van der Waals surface area contributed by atoms with Gasteiger partial charge in [0.25, 0.3) is 0 Å². The van der Waals surface area contributed by atoms with Crippen molar-refractivity contribution in [3.05, 3.63) is 77.6 Å². The van der Waals surface area contributed by atoms with Gasteiger partial charge in [0.15, 0.2) is 5.82 Å². The van der Waals surface area contributed by atoms with Crippen molar-refractivity contribution in [2.75, 3.05) is 0 Å². The van der Waals surface area contributed by atoms with Crippen LogP contribution in [0, 0.1) is 0 Å². The average molecular weight is 423 g/mol. The Labute approximate surface area is 182 Å². The summed E-state index contributed by atoms with van der Waals surface area (Å²) in [5.74, 6) is 0.874. The van der Waals surface area contributed by atoms with Gasteiger partial charge in [0.2, 0.25) is 0 Å². The smallest absolute Gasteiger partial charge is 0.387 e. The molecule has 162 valence electrons. The van der Waals surface area contributed by atoms with E-state index in [1.165, 1.54) is 49.8 Å². The second-order valence-corrected chi connectivity index (χ2v) is 7.48. The third-order valence-corrected chi connectivity index (χ3v) is 5.02. The number of hydrogen-bond donors (Lipinski definition) is 0. The lowest BCUT2D eigenvalue weighted by atomic mass is 10.1. The van der Waals surface area contributed by atoms with E-state index in [1.54, 1.807) is 12.1 Å². The predicted octanol–water partition coefficient (Wildman–Crippen LogP) is 7.43. The van der Waals surface area contributed by atoms with Crippen molar-refractivity contribution >= 4 is 12.2 Å². The molecule has 3 rings (SSSR count). The molecular formula is C26H28F2N2O. The SMILES string of the molecule is CCCCCCCc1cnc(-c2ccc(/C=C/c3ccc(OC(F)F)cc3)cc2)nc1. The summed E-state index contributed by atoms with van der Waals surface area (Å²) in [6, 6.07) is 14.5. The molecule has 0 N–H and O–H groups in total. The van der Waals surface area contributed by atoms with Gasteiger partial charge in [-0.25, -0.2) is 9.97 Å². The predicted molar refractivity (Wildman–Crippen MR) is 122 cm³/mol. The first-order valence-corrected chi connectivity index (χ1v) is 10.8. The Morgan fingerprint density at radius 3 is 1.97 bits per heavy atom. The summed E-state index contributed by atoms with van der Waals surface area (Å²) < 4.78 is 28.8. The Balaban J connectivity index is 1.54. The standard InChI is InChI=1S/C26H28F2N2O/c1-2-3-4-5-6-7-22-18-29-25(30-19-22)23-14-10-20(11-15-23)8-9-21-12-16-24(17-13-21)31-26(27)28/h8-19,26H,2-7H2,1H3/b9-8+. The molecule has 0 aliphatic carbocycles. The fourth-order valence-electron chi connectivity index (χ4n) is 3.26. The molecule has 31 heavy (non-hydrogen) atoms. The third-order valence-electron chi connectivity index (χ3n) is 5.02. The van der Waals surface area contributed by atoms with E-state index >= 15 is 0 Å². The van der Waals surface area contributed by atoms with Crippen LogP contribution in [0.3, 0.4) is 0 Å². The normalized spacial score (nSPS) is 11.4. The van der Waals surface area contributed by atoms with Crippen LogP contribution in [0.25, 0.3) is 23.5 Å².